The molecule has 0 aromatic heterocycles. The third-order valence-electron chi connectivity index (χ3n) is 2.54. The van der Waals surface area contributed by atoms with E-state index >= 15 is 0 Å². The van der Waals surface area contributed by atoms with Gasteiger partial charge in [-0.05, 0) is 31.4 Å². The Balaban J connectivity index is 2.30. The molecule has 12 heavy (non-hydrogen) atoms. The van der Waals surface area contributed by atoms with Crippen LogP contribution in [0.4, 0.5) is 0 Å². The lowest BCUT2D eigenvalue weighted by molar-refractivity contribution is 0.639. The van der Waals surface area contributed by atoms with Gasteiger partial charge < -0.3 is 5.73 Å². The van der Waals surface area contributed by atoms with Gasteiger partial charge in [0.1, 0.15) is 0 Å². The normalized spacial score (nSPS) is 27.6. The Hall–Kier alpha value is -0.890. The smallest absolute Gasteiger partial charge is 0.0438 e. The molecular weight excluding hydrogens is 148 g/mol. The molecule has 2 aliphatic rings. The van der Waals surface area contributed by atoms with E-state index in [1.165, 1.54) is 11.3 Å². The van der Waals surface area contributed by atoms with Crippen molar-refractivity contribution in [2.45, 2.75) is 19.3 Å². The van der Waals surface area contributed by atoms with Crippen molar-refractivity contribution in [3.8, 4) is 0 Å². The molecule has 2 nitrogen and oxygen atoms in total. The minimum absolute atomic E-state index is 0.522. The fourth-order valence-electron chi connectivity index (χ4n) is 1.82. The van der Waals surface area contributed by atoms with Crippen molar-refractivity contribution >= 4 is 6.21 Å². The van der Waals surface area contributed by atoms with Crippen molar-refractivity contribution in [3.63, 3.8) is 0 Å². The predicted octanol–water partition coefficient (Wildman–Crippen LogP) is 1.64. The Morgan fingerprint density at radius 1 is 1.58 bits per heavy atom. The highest BCUT2D eigenvalue weighted by Gasteiger charge is 2.18. The maximum absolute atomic E-state index is 5.68. The van der Waals surface area contributed by atoms with Crippen LogP contribution in [0.3, 0.4) is 0 Å². The summed E-state index contributed by atoms with van der Waals surface area (Å²) in [5, 5.41) is 0. The van der Waals surface area contributed by atoms with Crippen molar-refractivity contribution in [1.29, 1.82) is 0 Å². The first-order valence-electron chi connectivity index (χ1n) is 4.54. The molecular formula is C10H14N2. The SMILES string of the molecule is NCC1CC=NC2=C1C=CCC2. The quantitative estimate of drug-likeness (QED) is 0.625. The lowest BCUT2D eigenvalue weighted by atomic mass is 9.88. The molecule has 0 saturated heterocycles. The Bertz CT molecular complexity index is 261. The van der Waals surface area contributed by atoms with Gasteiger partial charge in [-0.25, -0.2) is 0 Å². The van der Waals surface area contributed by atoms with Crippen LogP contribution >= 0.6 is 0 Å². The lowest BCUT2D eigenvalue weighted by Gasteiger charge is -2.23. The van der Waals surface area contributed by atoms with Crippen molar-refractivity contribution in [1.82, 2.24) is 0 Å². The topological polar surface area (TPSA) is 38.4 Å². The molecule has 1 heterocycles. The van der Waals surface area contributed by atoms with Crippen LogP contribution < -0.4 is 5.73 Å². The van der Waals surface area contributed by atoms with Crippen molar-refractivity contribution in [2.24, 2.45) is 16.6 Å². The Morgan fingerprint density at radius 2 is 2.50 bits per heavy atom. The van der Waals surface area contributed by atoms with Crippen LogP contribution in [0.2, 0.25) is 0 Å². The number of hydrogen-bond donors (Lipinski definition) is 1. The third kappa shape index (κ3) is 1.23. The lowest BCUT2D eigenvalue weighted by Crippen LogP contribution is -2.20. The zero-order valence-electron chi connectivity index (χ0n) is 7.16. The molecule has 0 spiro atoms. The van der Waals surface area contributed by atoms with Gasteiger partial charge >= 0.3 is 0 Å². The van der Waals surface area contributed by atoms with Crippen molar-refractivity contribution in [3.05, 3.63) is 23.4 Å². The summed E-state index contributed by atoms with van der Waals surface area (Å²) >= 11 is 0. The van der Waals surface area contributed by atoms with E-state index in [0.29, 0.717) is 5.92 Å². The summed E-state index contributed by atoms with van der Waals surface area (Å²) in [6, 6.07) is 0. The molecule has 0 aromatic rings. The Labute approximate surface area is 72.9 Å². The molecule has 0 aromatic carbocycles. The van der Waals surface area contributed by atoms with E-state index in [0.717, 1.165) is 25.8 Å². The van der Waals surface area contributed by atoms with Gasteiger partial charge in [-0.2, -0.15) is 0 Å². The summed E-state index contributed by atoms with van der Waals surface area (Å²) in [6.45, 7) is 0.745. The van der Waals surface area contributed by atoms with Gasteiger partial charge in [0.25, 0.3) is 0 Å². The second kappa shape index (κ2) is 3.23. The largest absolute Gasteiger partial charge is 0.330 e. The van der Waals surface area contributed by atoms with Gasteiger partial charge in [0.15, 0.2) is 0 Å². The highest BCUT2D eigenvalue weighted by atomic mass is 14.8. The van der Waals surface area contributed by atoms with E-state index in [9.17, 15) is 0 Å². The molecule has 0 fully saturated rings. The van der Waals surface area contributed by atoms with Gasteiger partial charge in [0, 0.05) is 17.8 Å². The minimum atomic E-state index is 0.522. The van der Waals surface area contributed by atoms with E-state index in [4.69, 9.17) is 5.73 Å². The molecule has 0 amide bonds. The van der Waals surface area contributed by atoms with Crippen LogP contribution in [0.25, 0.3) is 0 Å². The van der Waals surface area contributed by atoms with Crippen LogP contribution in [-0.4, -0.2) is 12.8 Å². The van der Waals surface area contributed by atoms with E-state index < -0.39 is 0 Å². The van der Waals surface area contributed by atoms with E-state index in [1.54, 1.807) is 0 Å². The maximum Gasteiger partial charge on any atom is 0.0438 e. The molecule has 1 aliphatic carbocycles. The summed E-state index contributed by atoms with van der Waals surface area (Å²) in [5.41, 5.74) is 8.32. The van der Waals surface area contributed by atoms with E-state index in [-0.39, 0.29) is 0 Å². The monoisotopic (exact) mass is 162 g/mol. The number of aliphatic imine (C=N–C) groups is 1. The average Bonchev–Trinajstić information content (AvgIpc) is 2.17. The second-order valence-corrected chi connectivity index (χ2v) is 3.32. The molecule has 2 N–H and O–H groups in total. The van der Waals surface area contributed by atoms with Crippen LogP contribution in [-0.2, 0) is 0 Å². The third-order valence-corrected chi connectivity index (χ3v) is 2.54. The maximum atomic E-state index is 5.68. The molecule has 0 saturated carbocycles. The van der Waals surface area contributed by atoms with Gasteiger partial charge in [0.2, 0.25) is 0 Å². The number of hydrogen-bond acceptors (Lipinski definition) is 2. The molecule has 1 aliphatic heterocycles. The average molecular weight is 162 g/mol. The number of nitrogens with zero attached hydrogens (tertiary/aromatic N) is 1. The predicted molar refractivity (Wildman–Crippen MR) is 51.1 cm³/mol. The Morgan fingerprint density at radius 3 is 3.33 bits per heavy atom. The number of rotatable bonds is 1. The first kappa shape index (κ1) is 7.74. The van der Waals surface area contributed by atoms with Gasteiger partial charge in [-0.1, -0.05) is 12.2 Å². The molecule has 2 heteroatoms. The van der Waals surface area contributed by atoms with Gasteiger partial charge in [-0.15, -0.1) is 0 Å². The first-order chi connectivity index (χ1) is 5.92. The van der Waals surface area contributed by atoms with Crippen molar-refractivity contribution < 1.29 is 0 Å². The molecule has 64 valence electrons. The highest BCUT2D eigenvalue weighted by molar-refractivity contribution is 5.63. The summed E-state index contributed by atoms with van der Waals surface area (Å²) in [7, 11) is 0. The van der Waals surface area contributed by atoms with E-state index in [2.05, 4.69) is 17.1 Å². The summed E-state index contributed by atoms with van der Waals surface area (Å²) < 4.78 is 0. The van der Waals surface area contributed by atoms with Crippen LogP contribution in [0.5, 0.6) is 0 Å². The zero-order chi connectivity index (χ0) is 8.39. The number of allylic oxidation sites excluding steroid dienone is 3. The molecule has 2 rings (SSSR count). The summed E-state index contributed by atoms with van der Waals surface area (Å²) in [4.78, 5) is 4.40. The first-order valence-corrected chi connectivity index (χ1v) is 4.54. The molecule has 1 unspecified atom stereocenters. The molecule has 0 bridgehead atoms. The molecule has 0 radical (unpaired) electrons. The fraction of sp³-hybridized carbons (Fsp3) is 0.500. The zero-order valence-corrected chi connectivity index (χ0v) is 7.16. The van der Waals surface area contributed by atoms with Crippen LogP contribution in [0.15, 0.2) is 28.4 Å². The van der Waals surface area contributed by atoms with Gasteiger partial charge in [-0.3, -0.25) is 4.99 Å². The minimum Gasteiger partial charge on any atom is -0.330 e. The Kier molecular flexibility index (Phi) is 2.09. The standard InChI is InChI=1S/C10H14N2/c11-7-8-5-6-12-10-4-2-1-3-9(8)10/h1,3,6,8H,2,4-5,7,11H2. The fourth-order valence-corrected chi connectivity index (χ4v) is 1.82. The second-order valence-electron chi connectivity index (χ2n) is 3.32. The summed E-state index contributed by atoms with van der Waals surface area (Å²) in [6.07, 6.45) is 9.68. The van der Waals surface area contributed by atoms with Crippen LogP contribution in [0.1, 0.15) is 19.3 Å². The molecule has 1 atom stereocenters. The van der Waals surface area contributed by atoms with Crippen molar-refractivity contribution in [2.75, 3.05) is 6.54 Å². The highest BCUT2D eigenvalue weighted by Crippen LogP contribution is 2.29. The van der Waals surface area contributed by atoms with E-state index in [1.807, 2.05) is 6.21 Å². The van der Waals surface area contributed by atoms with Gasteiger partial charge in [0.05, 0.1) is 0 Å². The van der Waals surface area contributed by atoms with Crippen LogP contribution in [0, 0.1) is 5.92 Å². The summed E-state index contributed by atoms with van der Waals surface area (Å²) in [5.74, 6) is 0.522. The number of nitrogens with two attached hydrogens (primary N) is 1.